The van der Waals surface area contributed by atoms with E-state index in [0.717, 1.165) is 10.8 Å². The van der Waals surface area contributed by atoms with Gasteiger partial charge in [-0.25, -0.2) is 4.79 Å². The van der Waals surface area contributed by atoms with Crippen molar-refractivity contribution in [2.45, 2.75) is 0 Å². The lowest BCUT2D eigenvalue weighted by molar-refractivity contribution is 0.0736. The predicted molar refractivity (Wildman–Crippen MR) is 107 cm³/mol. The zero-order valence-electron chi connectivity index (χ0n) is 14.8. The highest BCUT2D eigenvalue weighted by atomic mass is 16.5. The Bertz CT molecular complexity index is 1170. The molecule has 0 saturated carbocycles. The summed E-state index contributed by atoms with van der Waals surface area (Å²) in [5.74, 6) is -0.902. The van der Waals surface area contributed by atoms with Gasteiger partial charge in [0.15, 0.2) is 5.78 Å². The molecule has 0 aliphatic rings. The fourth-order valence-electron chi connectivity index (χ4n) is 3.08. The van der Waals surface area contributed by atoms with E-state index in [9.17, 15) is 14.7 Å². The van der Waals surface area contributed by atoms with E-state index in [2.05, 4.69) is 0 Å². The van der Waals surface area contributed by atoms with Gasteiger partial charge in [0.1, 0.15) is 11.5 Å². The highest BCUT2D eigenvalue weighted by Crippen LogP contribution is 2.27. The van der Waals surface area contributed by atoms with Crippen molar-refractivity contribution in [1.82, 2.24) is 0 Å². The third-order valence-corrected chi connectivity index (χ3v) is 4.47. The molecule has 0 aliphatic carbocycles. The molecule has 4 heteroatoms. The van der Waals surface area contributed by atoms with Gasteiger partial charge in [-0.15, -0.1) is 0 Å². The largest absolute Gasteiger partial charge is 0.507 e. The average molecular weight is 368 g/mol. The minimum atomic E-state index is -0.529. The summed E-state index contributed by atoms with van der Waals surface area (Å²) < 4.78 is 5.42. The van der Waals surface area contributed by atoms with Crippen LogP contribution < -0.4 is 4.74 Å². The summed E-state index contributed by atoms with van der Waals surface area (Å²) in [5.41, 5.74) is 1.05. The van der Waals surface area contributed by atoms with E-state index in [4.69, 9.17) is 4.74 Å². The molecule has 4 nitrogen and oxygen atoms in total. The number of hydrogen-bond donors (Lipinski definition) is 1. The maximum Gasteiger partial charge on any atom is 0.344 e. The van der Waals surface area contributed by atoms with Gasteiger partial charge >= 0.3 is 5.97 Å². The van der Waals surface area contributed by atoms with Crippen molar-refractivity contribution in [3.8, 4) is 11.5 Å². The molecule has 0 bridgehead atoms. The van der Waals surface area contributed by atoms with Crippen molar-refractivity contribution < 1.29 is 19.4 Å². The molecule has 0 radical (unpaired) electrons. The van der Waals surface area contributed by atoms with E-state index in [1.807, 2.05) is 36.4 Å². The van der Waals surface area contributed by atoms with E-state index < -0.39 is 5.97 Å². The molecular formula is C24H16O4. The Hall–Kier alpha value is -3.92. The fraction of sp³-hybridized carbons (Fsp3) is 0. The lowest BCUT2D eigenvalue weighted by Gasteiger charge is -2.09. The predicted octanol–water partition coefficient (Wildman–Crippen LogP) is 5.00. The maximum absolute atomic E-state index is 12.6. The first-order valence-corrected chi connectivity index (χ1v) is 8.76. The number of carbonyl (C=O) groups excluding carboxylic acids is 2. The molecule has 1 N–H and O–H groups in total. The molecule has 0 amide bonds. The molecule has 0 heterocycles. The summed E-state index contributed by atoms with van der Waals surface area (Å²) >= 11 is 0. The number of phenols is 1. The van der Waals surface area contributed by atoms with E-state index in [1.54, 1.807) is 36.4 Å². The second kappa shape index (κ2) is 7.37. The topological polar surface area (TPSA) is 63.6 Å². The number of phenolic OH excluding ortho intramolecular Hbond substituents is 1. The Balaban J connectivity index is 1.60. The van der Waals surface area contributed by atoms with E-state index in [-0.39, 0.29) is 22.8 Å². The van der Waals surface area contributed by atoms with Crippen LogP contribution in [0, 0.1) is 0 Å². The number of benzene rings is 4. The number of ether oxygens (including phenoxy) is 1. The number of esters is 1. The standard InChI is InChI=1S/C24H16O4/c25-22-15-18(13-14-21(22)23(26)17-8-2-1-3-9-17)28-24(27)20-12-6-10-16-7-4-5-11-19(16)20/h1-15,25H. The van der Waals surface area contributed by atoms with E-state index >= 15 is 0 Å². The van der Waals surface area contributed by atoms with Gasteiger partial charge in [0, 0.05) is 11.6 Å². The van der Waals surface area contributed by atoms with Gasteiger partial charge < -0.3 is 9.84 Å². The number of aromatic hydroxyl groups is 1. The first-order valence-electron chi connectivity index (χ1n) is 8.76. The Morgan fingerprint density at radius 3 is 2.21 bits per heavy atom. The summed E-state index contributed by atoms with van der Waals surface area (Å²) in [6.07, 6.45) is 0. The molecule has 0 spiro atoms. The van der Waals surface area contributed by atoms with Gasteiger partial charge in [0.2, 0.25) is 0 Å². The zero-order valence-corrected chi connectivity index (χ0v) is 14.8. The van der Waals surface area contributed by atoms with E-state index in [0.29, 0.717) is 11.1 Å². The van der Waals surface area contributed by atoms with Gasteiger partial charge in [0.05, 0.1) is 11.1 Å². The van der Waals surface area contributed by atoms with Crippen LogP contribution in [0.15, 0.2) is 91.0 Å². The highest BCUT2D eigenvalue weighted by molar-refractivity contribution is 6.11. The Kier molecular flexibility index (Phi) is 4.60. The first kappa shape index (κ1) is 17.5. The van der Waals surface area contributed by atoms with Crippen molar-refractivity contribution in [2.24, 2.45) is 0 Å². The molecular weight excluding hydrogens is 352 g/mol. The second-order valence-corrected chi connectivity index (χ2v) is 6.29. The lowest BCUT2D eigenvalue weighted by Crippen LogP contribution is -2.09. The van der Waals surface area contributed by atoms with Crippen LogP contribution in [0.3, 0.4) is 0 Å². The molecule has 0 aromatic heterocycles. The minimum absolute atomic E-state index is 0.149. The van der Waals surface area contributed by atoms with Crippen molar-refractivity contribution >= 4 is 22.5 Å². The molecule has 0 atom stereocenters. The number of carbonyl (C=O) groups is 2. The van der Waals surface area contributed by atoms with Crippen LogP contribution in [0.25, 0.3) is 10.8 Å². The molecule has 0 aliphatic heterocycles. The molecule has 136 valence electrons. The van der Waals surface area contributed by atoms with Crippen LogP contribution in [0.5, 0.6) is 11.5 Å². The van der Waals surface area contributed by atoms with Crippen molar-refractivity contribution in [3.63, 3.8) is 0 Å². The van der Waals surface area contributed by atoms with Crippen molar-refractivity contribution in [3.05, 3.63) is 108 Å². The number of rotatable bonds is 4. The molecule has 28 heavy (non-hydrogen) atoms. The smallest absolute Gasteiger partial charge is 0.344 e. The Morgan fingerprint density at radius 1 is 0.714 bits per heavy atom. The fourth-order valence-corrected chi connectivity index (χ4v) is 3.08. The van der Waals surface area contributed by atoms with Crippen LogP contribution in [-0.2, 0) is 0 Å². The van der Waals surface area contributed by atoms with E-state index in [1.165, 1.54) is 18.2 Å². The maximum atomic E-state index is 12.6. The van der Waals surface area contributed by atoms with Gasteiger partial charge in [-0.1, -0.05) is 66.7 Å². The monoisotopic (exact) mass is 368 g/mol. The summed E-state index contributed by atoms with van der Waals surface area (Å²) in [4.78, 5) is 25.1. The van der Waals surface area contributed by atoms with Crippen LogP contribution in [0.1, 0.15) is 26.3 Å². The van der Waals surface area contributed by atoms with Crippen LogP contribution in [0.2, 0.25) is 0 Å². The first-order chi connectivity index (χ1) is 13.6. The van der Waals surface area contributed by atoms with Crippen LogP contribution >= 0.6 is 0 Å². The second-order valence-electron chi connectivity index (χ2n) is 6.29. The molecule has 0 saturated heterocycles. The molecule has 4 aromatic carbocycles. The molecule has 0 fully saturated rings. The summed E-state index contributed by atoms with van der Waals surface area (Å²) in [6, 6.07) is 25.8. The van der Waals surface area contributed by atoms with Gasteiger partial charge in [-0.2, -0.15) is 0 Å². The molecule has 4 aromatic rings. The highest BCUT2D eigenvalue weighted by Gasteiger charge is 2.16. The quantitative estimate of drug-likeness (QED) is 0.313. The molecule has 4 rings (SSSR count). The van der Waals surface area contributed by atoms with Crippen molar-refractivity contribution in [2.75, 3.05) is 0 Å². The Labute approximate surface area is 161 Å². The average Bonchev–Trinajstić information content (AvgIpc) is 2.73. The number of ketones is 1. The van der Waals surface area contributed by atoms with Gasteiger partial charge in [-0.05, 0) is 29.0 Å². The van der Waals surface area contributed by atoms with Gasteiger partial charge in [-0.3, -0.25) is 4.79 Å². The third kappa shape index (κ3) is 3.35. The molecule has 0 unspecified atom stereocenters. The van der Waals surface area contributed by atoms with Crippen LogP contribution in [0.4, 0.5) is 0 Å². The summed E-state index contributed by atoms with van der Waals surface area (Å²) in [7, 11) is 0. The minimum Gasteiger partial charge on any atom is -0.507 e. The summed E-state index contributed by atoms with van der Waals surface area (Å²) in [5, 5.41) is 12.0. The third-order valence-electron chi connectivity index (χ3n) is 4.47. The normalized spacial score (nSPS) is 10.6. The lowest BCUT2D eigenvalue weighted by atomic mass is 10.0. The van der Waals surface area contributed by atoms with Crippen molar-refractivity contribution in [1.29, 1.82) is 0 Å². The number of fused-ring (bicyclic) bond motifs is 1. The van der Waals surface area contributed by atoms with Crippen LogP contribution in [-0.4, -0.2) is 16.9 Å². The van der Waals surface area contributed by atoms with Gasteiger partial charge in [0.25, 0.3) is 0 Å². The SMILES string of the molecule is O=C(c1ccccc1)c1ccc(OC(=O)c2cccc3ccccc23)cc1O. The zero-order chi connectivity index (χ0) is 19.5. The summed E-state index contributed by atoms with van der Waals surface area (Å²) in [6.45, 7) is 0. The number of hydrogen-bond acceptors (Lipinski definition) is 4. The Morgan fingerprint density at radius 2 is 1.43 bits per heavy atom.